The molecule has 3 rings (SSSR count). The molecule has 0 fully saturated rings. The topological polar surface area (TPSA) is 71.4 Å². The Hall–Kier alpha value is -3.31. The number of nitrogens with one attached hydrogen (secondary N) is 1. The van der Waals surface area contributed by atoms with E-state index in [-0.39, 0.29) is 29.6 Å². The van der Waals surface area contributed by atoms with Crippen molar-refractivity contribution in [1.29, 1.82) is 0 Å². The van der Waals surface area contributed by atoms with Crippen LogP contribution in [0.15, 0.2) is 35.1 Å². The van der Waals surface area contributed by atoms with Gasteiger partial charge in [0.15, 0.2) is 0 Å². The van der Waals surface area contributed by atoms with E-state index in [1.807, 2.05) is 0 Å². The van der Waals surface area contributed by atoms with Gasteiger partial charge in [-0.25, -0.2) is 0 Å². The molecule has 1 N–H and O–H groups in total. The highest BCUT2D eigenvalue weighted by atomic mass is 19.4. The normalized spacial score (nSPS) is 16.7. The Kier molecular flexibility index (Phi) is 5.83. The molecular weight excluding hydrogens is 444 g/mol. The first kappa shape index (κ1) is 23.4. The van der Waals surface area contributed by atoms with Crippen molar-refractivity contribution in [3.8, 4) is 0 Å². The molecule has 2 heterocycles. The van der Waals surface area contributed by atoms with Crippen LogP contribution in [0.2, 0.25) is 0 Å². The second-order valence-corrected chi connectivity index (χ2v) is 7.43. The van der Waals surface area contributed by atoms with Crippen LogP contribution in [0.25, 0.3) is 0 Å². The molecule has 0 saturated heterocycles. The second kappa shape index (κ2) is 7.99. The third-order valence-corrected chi connectivity index (χ3v) is 4.94. The molecule has 1 aromatic heterocycles. The molecule has 1 atom stereocenters. The lowest BCUT2D eigenvalue weighted by Crippen LogP contribution is -2.49. The quantitative estimate of drug-likeness (QED) is 0.706. The number of aromatic nitrogens is 1. The molecule has 1 unspecified atom stereocenters. The van der Waals surface area contributed by atoms with Gasteiger partial charge in [-0.05, 0) is 42.8 Å². The molecule has 2 aromatic rings. The SMILES string of the molecule is CC(=O)Nc1ccc2n(c1=O)CC(C)N(Cc1cc(C(F)(F)F)cc(C(F)(F)F)c1)C2=O. The van der Waals surface area contributed by atoms with E-state index in [1.165, 1.54) is 26.0 Å². The third-order valence-electron chi connectivity index (χ3n) is 4.94. The maximum atomic E-state index is 13.1. The van der Waals surface area contributed by atoms with Crippen molar-refractivity contribution >= 4 is 17.5 Å². The summed E-state index contributed by atoms with van der Waals surface area (Å²) < 4.78 is 79.8. The number of hydrogen-bond acceptors (Lipinski definition) is 3. The minimum Gasteiger partial charge on any atom is -0.329 e. The van der Waals surface area contributed by atoms with Crippen molar-refractivity contribution in [1.82, 2.24) is 9.47 Å². The monoisotopic (exact) mass is 461 g/mol. The van der Waals surface area contributed by atoms with E-state index in [2.05, 4.69) is 5.32 Å². The fourth-order valence-electron chi connectivity index (χ4n) is 3.48. The number of rotatable bonds is 3. The molecule has 0 aliphatic carbocycles. The van der Waals surface area contributed by atoms with E-state index in [0.717, 1.165) is 9.47 Å². The largest absolute Gasteiger partial charge is 0.416 e. The van der Waals surface area contributed by atoms with Gasteiger partial charge in [0.05, 0.1) is 11.1 Å². The van der Waals surface area contributed by atoms with Crippen molar-refractivity contribution in [3.05, 3.63) is 63.1 Å². The lowest BCUT2D eigenvalue weighted by atomic mass is 10.0. The van der Waals surface area contributed by atoms with Gasteiger partial charge in [0.2, 0.25) is 5.91 Å². The standard InChI is InChI=1S/C20H17F6N3O3/c1-10-8-29-16(4-3-15(17(29)31)27-11(2)30)18(32)28(10)9-12-5-13(19(21,22)23)7-14(6-12)20(24,25)26/h3-7,10H,8-9H2,1-2H3,(H,27,30). The number of pyridine rings is 1. The molecule has 0 bridgehead atoms. The summed E-state index contributed by atoms with van der Waals surface area (Å²) in [5, 5.41) is 2.33. The van der Waals surface area contributed by atoms with Gasteiger partial charge in [0, 0.05) is 26.1 Å². The van der Waals surface area contributed by atoms with Gasteiger partial charge in [-0.3, -0.25) is 14.4 Å². The number of carbonyl (C=O) groups excluding carboxylic acids is 2. The van der Waals surface area contributed by atoms with Crippen LogP contribution in [0.4, 0.5) is 32.0 Å². The van der Waals surface area contributed by atoms with E-state index >= 15 is 0 Å². The highest BCUT2D eigenvalue weighted by molar-refractivity contribution is 5.94. The number of benzene rings is 1. The molecule has 0 spiro atoms. The number of halogens is 6. The number of anilines is 1. The van der Waals surface area contributed by atoms with Crippen molar-refractivity contribution in [3.63, 3.8) is 0 Å². The molecule has 0 radical (unpaired) electrons. The second-order valence-electron chi connectivity index (χ2n) is 7.43. The Bertz CT molecular complexity index is 1100. The van der Waals surface area contributed by atoms with Gasteiger partial charge >= 0.3 is 12.4 Å². The summed E-state index contributed by atoms with van der Waals surface area (Å²) in [6.45, 7) is 2.13. The lowest BCUT2D eigenvalue weighted by Gasteiger charge is -2.35. The van der Waals surface area contributed by atoms with E-state index in [0.29, 0.717) is 12.1 Å². The van der Waals surface area contributed by atoms with Crippen LogP contribution in [-0.4, -0.2) is 27.3 Å². The van der Waals surface area contributed by atoms with E-state index < -0.39 is 53.4 Å². The van der Waals surface area contributed by atoms with Crippen LogP contribution in [0, 0.1) is 0 Å². The first-order valence-electron chi connectivity index (χ1n) is 9.29. The summed E-state index contributed by atoms with van der Waals surface area (Å²) in [4.78, 5) is 37.8. The molecule has 1 aliphatic heterocycles. The summed E-state index contributed by atoms with van der Waals surface area (Å²) in [6.07, 6.45) is -10.0. The number of alkyl halides is 6. The zero-order valence-electron chi connectivity index (χ0n) is 16.8. The third kappa shape index (κ3) is 4.63. The van der Waals surface area contributed by atoms with Crippen molar-refractivity contribution in [2.45, 2.75) is 45.3 Å². The summed E-state index contributed by atoms with van der Waals surface area (Å²) in [6, 6.07) is 2.91. The van der Waals surface area contributed by atoms with Gasteiger partial charge in [-0.1, -0.05) is 0 Å². The van der Waals surface area contributed by atoms with Crippen LogP contribution in [0.3, 0.4) is 0 Å². The van der Waals surface area contributed by atoms with Gasteiger partial charge < -0.3 is 14.8 Å². The Morgan fingerprint density at radius 1 is 1.03 bits per heavy atom. The predicted molar refractivity (Wildman–Crippen MR) is 101 cm³/mol. The predicted octanol–water partition coefficient (Wildman–Crippen LogP) is 3.89. The summed E-state index contributed by atoms with van der Waals surface area (Å²) >= 11 is 0. The van der Waals surface area contributed by atoms with Crippen LogP contribution < -0.4 is 10.9 Å². The zero-order chi connectivity index (χ0) is 24.0. The highest BCUT2D eigenvalue weighted by Gasteiger charge is 2.38. The minimum atomic E-state index is -5.01. The molecule has 12 heteroatoms. The first-order chi connectivity index (χ1) is 14.7. The Balaban J connectivity index is 1.99. The van der Waals surface area contributed by atoms with E-state index in [4.69, 9.17) is 0 Å². The van der Waals surface area contributed by atoms with E-state index in [1.54, 1.807) is 0 Å². The molecular formula is C20H17F6N3O3. The molecule has 32 heavy (non-hydrogen) atoms. The van der Waals surface area contributed by atoms with Gasteiger partial charge in [0.25, 0.3) is 11.5 Å². The molecule has 1 aliphatic rings. The van der Waals surface area contributed by atoms with Crippen LogP contribution in [-0.2, 0) is 30.2 Å². The highest BCUT2D eigenvalue weighted by Crippen LogP contribution is 2.37. The average molecular weight is 461 g/mol. The number of fused-ring (bicyclic) bond motifs is 1. The van der Waals surface area contributed by atoms with Gasteiger partial charge in [0.1, 0.15) is 11.4 Å². The smallest absolute Gasteiger partial charge is 0.329 e. The number of carbonyl (C=O) groups is 2. The maximum Gasteiger partial charge on any atom is 0.416 e. The molecule has 172 valence electrons. The van der Waals surface area contributed by atoms with Crippen LogP contribution >= 0.6 is 0 Å². The zero-order valence-corrected chi connectivity index (χ0v) is 16.8. The van der Waals surface area contributed by atoms with Crippen molar-refractivity contribution in [2.75, 3.05) is 5.32 Å². The van der Waals surface area contributed by atoms with Crippen molar-refractivity contribution in [2.24, 2.45) is 0 Å². The van der Waals surface area contributed by atoms with Crippen molar-refractivity contribution < 1.29 is 35.9 Å². The first-order valence-corrected chi connectivity index (χ1v) is 9.29. The van der Waals surface area contributed by atoms with E-state index in [9.17, 15) is 40.7 Å². The molecule has 6 nitrogen and oxygen atoms in total. The van der Waals surface area contributed by atoms with Crippen LogP contribution in [0.1, 0.15) is 41.0 Å². The lowest BCUT2D eigenvalue weighted by molar-refractivity contribution is -0.143. The maximum absolute atomic E-state index is 13.1. The molecule has 1 aromatic carbocycles. The Labute approximate surface area is 177 Å². The summed E-state index contributed by atoms with van der Waals surface area (Å²) in [5.74, 6) is -1.23. The fraction of sp³-hybridized carbons (Fsp3) is 0.350. The summed E-state index contributed by atoms with van der Waals surface area (Å²) in [5.41, 5.74) is -4.09. The molecule has 0 saturated carbocycles. The number of hydrogen-bond donors (Lipinski definition) is 1. The number of amides is 2. The minimum absolute atomic E-state index is 0.0172. The Morgan fingerprint density at radius 2 is 1.59 bits per heavy atom. The van der Waals surface area contributed by atoms with Crippen LogP contribution in [0.5, 0.6) is 0 Å². The summed E-state index contributed by atoms with van der Waals surface area (Å²) in [7, 11) is 0. The Morgan fingerprint density at radius 3 is 2.09 bits per heavy atom. The average Bonchev–Trinajstić information content (AvgIpc) is 2.66. The fourth-order valence-corrected chi connectivity index (χ4v) is 3.48. The number of nitrogens with zero attached hydrogens (tertiary/aromatic N) is 2. The van der Waals surface area contributed by atoms with Gasteiger partial charge in [-0.15, -0.1) is 0 Å². The molecule has 2 amide bonds. The van der Waals surface area contributed by atoms with Gasteiger partial charge in [-0.2, -0.15) is 26.3 Å².